The number of hydrogen-bond donors (Lipinski definition) is 1. The molecule has 7 heteroatoms. The van der Waals surface area contributed by atoms with Crippen molar-refractivity contribution in [3.05, 3.63) is 48.0 Å². The molecule has 0 saturated heterocycles. The van der Waals surface area contributed by atoms with Crippen LogP contribution in [0.15, 0.2) is 47.4 Å². The monoisotopic (exact) mass is 430 g/mol. The molecule has 0 unspecified atom stereocenters. The van der Waals surface area contributed by atoms with Gasteiger partial charge in [-0.15, -0.1) is 0 Å². The zero-order valence-electron chi connectivity index (χ0n) is 16.7. The molecular weight excluding hydrogens is 403 g/mol. The Kier molecular flexibility index (Phi) is 11.9. The van der Waals surface area contributed by atoms with Crippen LogP contribution in [0.5, 0.6) is 17.2 Å². The summed E-state index contributed by atoms with van der Waals surface area (Å²) in [4.78, 5) is -0.272. The summed E-state index contributed by atoms with van der Waals surface area (Å²) in [6.07, 6.45) is 9.42. The number of ether oxygens (including phenoxy) is 1. The van der Waals surface area contributed by atoms with Crippen molar-refractivity contribution in [2.45, 2.75) is 63.2 Å². The molecule has 28 heavy (non-hydrogen) atoms. The van der Waals surface area contributed by atoms with E-state index >= 15 is 0 Å². The summed E-state index contributed by atoms with van der Waals surface area (Å²) in [5.74, 6) is 0.0776. The summed E-state index contributed by atoms with van der Waals surface area (Å²) >= 11 is 0. The van der Waals surface area contributed by atoms with E-state index in [1.54, 1.807) is 12.1 Å². The Morgan fingerprint density at radius 3 is 2.32 bits per heavy atom. The van der Waals surface area contributed by atoms with Crippen molar-refractivity contribution in [3.8, 4) is 17.2 Å². The van der Waals surface area contributed by atoms with Gasteiger partial charge in [-0.05, 0) is 36.6 Å². The van der Waals surface area contributed by atoms with Crippen molar-refractivity contribution < 1.29 is 74.2 Å². The number of benzene rings is 2. The average molecular weight is 431 g/mol. The third-order valence-corrected chi connectivity index (χ3v) is 5.26. The molecule has 0 aliphatic carbocycles. The SMILES string of the molecule is CCCCCCCCCc1ccc([O-])c(Oc2cccc(S(=O)(=O)O)c2)c1.[K+]. The zero-order valence-corrected chi connectivity index (χ0v) is 20.6. The van der Waals surface area contributed by atoms with Crippen LogP contribution in [-0.4, -0.2) is 13.0 Å². The van der Waals surface area contributed by atoms with Crippen LogP contribution in [0.4, 0.5) is 0 Å². The minimum atomic E-state index is -4.32. The summed E-state index contributed by atoms with van der Waals surface area (Å²) in [5, 5.41) is 12.0. The fourth-order valence-electron chi connectivity index (χ4n) is 2.90. The molecule has 0 aliphatic heterocycles. The second kappa shape index (κ2) is 13.0. The Hall–Kier alpha value is -0.414. The van der Waals surface area contributed by atoms with Gasteiger partial charge >= 0.3 is 51.4 Å². The van der Waals surface area contributed by atoms with E-state index in [1.807, 2.05) is 0 Å². The predicted molar refractivity (Wildman–Crippen MR) is 104 cm³/mol. The van der Waals surface area contributed by atoms with Crippen molar-refractivity contribution in [1.82, 2.24) is 0 Å². The van der Waals surface area contributed by atoms with E-state index in [4.69, 9.17) is 9.29 Å². The second-order valence-corrected chi connectivity index (χ2v) is 8.13. The molecule has 0 amide bonds. The first kappa shape index (κ1) is 25.6. The Balaban J connectivity index is 0.00000392. The van der Waals surface area contributed by atoms with Gasteiger partial charge < -0.3 is 9.84 Å². The van der Waals surface area contributed by atoms with Gasteiger partial charge in [0.1, 0.15) is 11.5 Å². The third kappa shape index (κ3) is 8.94. The molecule has 1 N–H and O–H groups in total. The van der Waals surface area contributed by atoms with Gasteiger partial charge in [-0.3, -0.25) is 4.55 Å². The van der Waals surface area contributed by atoms with Crippen LogP contribution in [0, 0.1) is 0 Å². The molecular formula is C21H27KO5S. The molecule has 0 saturated carbocycles. The largest absolute Gasteiger partial charge is 1.00 e. The molecule has 2 aromatic rings. The standard InChI is InChI=1S/C21H28O5S.K/c1-2-3-4-5-6-7-8-10-17-13-14-20(22)21(15-17)26-18-11-9-12-19(16-18)27(23,24)25;/h9,11-16,22H,2-8,10H2,1H3,(H,23,24,25);/q;+1/p-1. The summed E-state index contributed by atoms with van der Waals surface area (Å²) in [7, 11) is -4.32. The third-order valence-electron chi connectivity index (χ3n) is 4.41. The van der Waals surface area contributed by atoms with E-state index in [2.05, 4.69) is 6.92 Å². The minimum Gasteiger partial charge on any atom is -0.870 e. The second-order valence-electron chi connectivity index (χ2n) is 6.70. The molecule has 0 heterocycles. The van der Waals surface area contributed by atoms with E-state index in [1.165, 1.54) is 62.4 Å². The van der Waals surface area contributed by atoms with Crippen molar-refractivity contribution in [3.63, 3.8) is 0 Å². The topological polar surface area (TPSA) is 86.7 Å². The Morgan fingerprint density at radius 1 is 0.964 bits per heavy atom. The first-order chi connectivity index (χ1) is 12.9. The minimum absolute atomic E-state index is 0. The van der Waals surface area contributed by atoms with Gasteiger partial charge in [-0.25, -0.2) is 0 Å². The summed E-state index contributed by atoms with van der Waals surface area (Å²) in [6, 6.07) is 10.4. The van der Waals surface area contributed by atoms with E-state index in [0.29, 0.717) is 0 Å². The molecule has 5 nitrogen and oxygen atoms in total. The van der Waals surface area contributed by atoms with Gasteiger partial charge in [0, 0.05) is 6.07 Å². The fourth-order valence-corrected chi connectivity index (χ4v) is 3.41. The van der Waals surface area contributed by atoms with Crippen LogP contribution < -0.4 is 61.2 Å². The fraction of sp³-hybridized carbons (Fsp3) is 0.429. The van der Waals surface area contributed by atoms with Gasteiger partial charge in [0.25, 0.3) is 10.1 Å². The number of rotatable bonds is 11. The van der Waals surface area contributed by atoms with Gasteiger partial charge in [-0.2, -0.15) is 8.42 Å². The van der Waals surface area contributed by atoms with Gasteiger partial charge in [-0.1, -0.05) is 69.4 Å². The zero-order chi connectivity index (χ0) is 19.7. The molecule has 0 spiro atoms. The van der Waals surface area contributed by atoms with Crippen LogP contribution in [0.2, 0.25) is 0 Å². The summed E-state index contributed by atoms with van der Waals surface area (Å²) in [6.45, 7) is 2.21. The molecule has 0 fully saturated rings. The van der Waals surface area contributed by atoms with Crippen molar-refractivity contribution >= 4 is 10.1 Å². The molecule has 148 valence electrons. The number of hydrogen-bond acceptors (Lipinski definition) is 4. The Bertz CT molecular complexity index is 836. The molecule has 0 atom stereocenters. The molecule has 0 bridgehead atoms. The molecule has 0 radical (unpaired) electrons. The van der Waals surface area contributed by atoms with E-state index in [-0.39, 0.29) is 73.5 Å². The van der Waals surface area contributed by atoms with Gasteiger partial charge in [0.2, 0.25) is 0 Å². The molecule has 0 aromatic heterocycles. The van der Waals surface area contributed by atoms with Gasteiger partial charge in [0.15, 0.2) is 0 Å². The molecule has 2 aromatic carbocycles. The van der Waals surface area contributed by atoms with Crippen molar-refractivity contribution in [1.29, 1.82) is 0 Å². The normalized spacial score (nSPS) is 11.1. The maximum absolute atomic E-state index is 12.0. The van der Waals surface area contributed by atoms with Crippen molar-refractivity contribution in [2.75, 3.05) is 0 Å². The van der Waals surface area contributed by atoms with Crippen LogP contribution in [0.3, 0.4) is 0 Å². The Labute approximate surface area is 210 Å². The van der Waals surface area contributed by atoms with Crippen molar-refractivity contribution in [2.24, 2.45) is 0 Å². The number of unbranched alkanes of at least 4 members (excludes halogenated alkanes) is 6. The smallest absolute Gasteiger partial charge is 0.870 e. The van der Waals surface area contributed by atoms with Crippen LogP contribution in [0.1, 0.15) is 57.4 Å². The maximum Gasteiger partial charge on any atom is 1.00 e. The first-order valence-electron chi connectivity index (χ1n) is 9.45. The van der Waals surface area contributed by atoms with E-state index in [9.17, 15) is 13.5 Å². The predicted octanol–water partition coefficient (Wildman–Crippen LogP) is 2.10. The molecule has 2 rings (SSSR count). The molecule has 0 aliphatic rings. The van der Waals surface area contributed by atoms with Gasteiger partial charge in [0.05, 0.1) is 4.90 Å². The summed E-state index contributed by atoms with van der Waals surface area (Å²) < 4.78 is 37.1. The average Bonchev–Trinajstić information content (AvgIpc) is 2.63. The van der Waals surface area contributed by atoms with Crippen LogP contribution in [0.25, 0.3) is 0 Å². The Morgan fingerprint density at radius 2 is 1.64 bits per heavy atom. The van der Waals surface area contributed by atoms with E-state index in [0.717, 1.165) is 24.8 Å². The first-order valence-corrected chi connectivity index (χ1v) is 10.9. The summed E-state index contributed by atoms with van der Waals surface area (Å²) in [5.41, 5.74) is 1.02. The number of aryl methyl sites for hydroxylation is 1. The van der Waals surface area contributed by atoms with Crippen LogP contribution >= 0.6 is 0 Å². The maximum atomic E-state index is 12.0. The van der Waals surface area contributed by atoms with E-state index < -0.39 is 10.1 Å². The quantitative estimate of drug-likeness (QED) is 0.335. The van der Waals surface area contributed by atoms with Crippen LogP contribution in [-0.2, 0) is 16.5 Å².